The summed E-state index contributed by atoms with van der Waals surface area (Å²) in [4.78, 5) is 26.3. The molecule has 1 N–H and O–H groups in total. The number of aromatic nitrogens is 3. The van der Waals surface area contributed by atoms with Gasteiger partial charge in [-0.3, -0.25) is 14.8 Å². The predicted octanol–water partition coefficient (Wildman–Crippen LogP) is 1.14. The number of hydrogen-bond acceptors (Lipinski definition) is 6. The van der Waals surface area contributed by atoms with Crippen LogP contribution < -0.4 is 10.2 Å². The molecule has 0 aromatic carbocycles. The Hall–Kier alpha value is -3.01. The summed E-state index contributed by atoms with van der Waals surface area (Å²) in [5, 5.41) is 12.2. The summed E-state index contributed by atoms with van der Waals surface area (Å²) in [5.74, 6) is -0.225. The van der Waals surface area contributed by atoms with Gasteiger partial charge in [0.2, 0.25) is 0 Å². The Morgan fingerprint density at radius 1 is 1.30 bits per heavy atom. The minimum absolute atomic E-state index is 0.00463. The lowest BCUT2D eigenvalue weighted by Crippen LogP contribution is -2.48. The lowest BCUT2D eigenvalue weighted by atomic mass is 10.0. The molecule has 0 radical (unpaired) electrons. The van der Waals surface area contributed by atoms with Crippen LogP contribution in [0.25, 0.3) is 0 Å². The Morgan fingerprint density at radius 3 is 2.96 bits per heavy atom. The molecule has 0 bridgehead atoms. The molecule has 23 heavy (non-hydrogen) atoms. The molecular formula is C16H16N6O. The van der Waals surface area contributed by atoms with Gasteiger partial charge in [0.1, 0.15) is 11.8 Å². The minimum atomic E-state index is -0.225. The van der Waals surface area contributed by atoms with Gasteiger partial charge in [-0.15, -0.1) is 0 Å². The number of nitrogens with zero attached hydrogens (tertiary/aromatic N) is 5. The first-order valence-corrected chi connectivity index (χ1v) is 7.44. The lowest BCUT2D eigenvalue weighted by Gasteiger charge is -2.34. The Bertz CT molecular complexity index is 727. The summed E-state index contributed by atoms with van der Waals surface area (Å²) < 4.78 is 0. The minimum Gasteiger partial charge on any atom is -0.367 e. The van der Waals surface area contributed by atoms with Crippen molar-refractivity contribution in [2.45, 2.75) is 18.9 Å². The van der Waals surface area contributed by atoms with E-state index < -0.39 is 0 Å². The Kier molecular flexibility index (Phi) is 4.43. The molecule has 2 aromatic heterocycles. The highest BCUT2D eigenvalue weighted by atomic mass is 16.1. The Balaban J connectivity index is 1.69. The van der Waals surface area contributed by atoms with Crippen LogP contribution in [0.3, 0.4) is 0 Å². The molecule has 3 rings (SSSR count). The van der Waals surface area contributed by atoms with Gasteiger partial charge in [-0.2, -0.15) is 5.26 Å². The van der Waals surface area contributed by atoms with Crippen LogP contribution in [-0.2, 0) is 0 Å². The summed E-state index contributed by atoms with van der Waals surface area (Å²) in [6, 6.07) is 3.90. The molecule has 1 unspecified atom stereocenters. The van der Waals surface area contributed by atoms with Crippen molar-refractivity contribution in [3.05, 3.63) is 48.3 Å². The number of pyridine rings is 1. The van der Waals surface area contributed by atoms with Crippen molar-refractivity contribution in [2.75, 3.05) is 18.0 Å². The topological polar surface area (TPSA) is 94.8 Å². The number of amides is 1. The second-order valence-electron chi connectivity index (χ2n) is 5.35. The van der Waals surface area contributed by atoms with Crippen molar-refractivity contribution >= 4 is 11.6 Å². The van der Waals surface area contributed by atoms with Crippen molar-refractivity contribution in [3.8, 4) is 6.07 Å². The van der Waals surface area contributed by atoms with Crippen LogP contribution in [0.5, 0.6) is 0 Å². The van der Waals surface area contributed by atoms with Gasteiger partial charge >= 0.3 is 0 Å². The lowest BCUT2D eigenvalue weighted by molar-refractivity contribution is 0.0927. The summed E-state index contributed by atoms with van der Waals surface area (Å²) in [6.45, 7) is 1.49. The highest BCUT2D eigenvalue weighted by molar-refractivity contribution is 5.92. The zero-order valence-corrected chi connectivity index (χ0v) is 12.5. The average molecular weight is 308 g/mol. The Morgan fingerprint density at radius 2 is 2.17 bits per heavy atom. The van der Waals surface area contributed by atoms with Crippen LogP contribution in [0, 0.1) is 11.3 Å². The molecular weight excluding hydrogens is 292 g/mol. The van der Waals surface area contributed by atoms with Crippen molar-refractivity contribution < 1.29 is 4.79 Å². The van der Waals surface area contributed by atoms with E-state index in [0.29, 0.717) is 17.8 Å². The molecule has 0 spiro atoms. The van der Waals surface area contributed by atoms with E-state index in [2.05, 4.69) is 31.2 Å². The van der Waals surface area contributed by atoms with Crippen molar-refractivity contribution in [1.29, 1.82) is 5.26 Å². The number of anilines is 1. The molecule has 3 heterocycles. The first kappa shape index (κ1) is 14.9. The van der Waals surface area contributed by atoms with E-state index in [9.17, 15) is 10.1 Å². The highest BCUT2D eigenvalue weighted by Gasteiger charge is 2.24. The average Bonchev–Trinajstić information content (AvgIpc) is 2.62. The van der Waals surface area contributed by atoms with Crippen LogP contribution in [0.15, 0.2) is 37.1 Å². The van der Waals surface area contributed by atoms with Gasteiger partial charge in [-0.25, -0.2) is 4.98 Å². The number of nitrogens with one attached hydrogen (secondary N) is 1. The zero-order valence-electron chi connectivity index (χ0n) is 12.5. The van der Waals surface area contributed by atoms with E-state index >= 15 is 0 Å². The van der Waals surface area contributed by atoms with E-state index in [4.69, 9.17) is 0 Å². The molecule has 116 valence electrons. The molecule has 7 nitrogen and oxygen atoms in total. The van der Waals surface area contributed by atoms with Gasteiger partial charge in [0.15, 0.2) is 0 Å². The number of carbonyl (C=O) groups is 1. The summed E-state index contributed by atoms with van der Waals surface area (Å²) in [6.07, 6.45) is 9.62. The van der Waals surface area contributed by atoms with E-state index in [0.717, 1.165) is 25.1 Å². The monoisotopic (exact) mass is 308 g/mol. The largest absolute Gasteiger partial charge is 0.367 e. The predicted molar refractivity (Wildman–Crippen MR) is 83.7 cm³/mol. The summed E-state index contributed by atoms with van der Waals surface area (Å²) >= 11 is 0. The smallest absolute Gasteiger partial charge is 0.271 e. The fraction of sp³-hybridized carbons (Fsp3) is 0.312. The van der Waals surface area contributed by atoms with Gasteiger partial charge < -0.3 is 10.2 Å². The number of rotatable bonds is 3. The van der Waals surface area contributed by atoms with Gasteiger partial charge in [0.05, 0.1) is 23.6 Å². The first-order chi connectivity index (χ1) is 11.3. The van der Waals surface area contributed by atoms with E-state index in [1.165, 1.54) is 18.6 Å². The molecule has 1 aliphatic heterocycles. The third-order valence-electron chi connectivity index (χ3n) is 3.81. The number of piperidine rings is 1. The van der Waals surface area contributed by atoms with Gasteiger partial charge in [0.25, 0.3) is 5.91 Å². The summed E-state index contributed by atoms with van der Waals surface area (Å²) in [7, 11) is 0. The number of carbonyl (C=O) groups excluding carboxylic acids is 1. The molecule has 1 aliphatic rings. The summed E-state index contributed by atoms with van der Waals surface area (Å²) in [5.41, 5.74) is 1.72. The molecule has 7 heteroatoms. The standard InChI is InChI=1S/C16H16N6O/c17-8-12-3-4-18-10-15(12)22-7-1-2-13(11-22)21-16(23)14-9-19-5-6-20-14/h3-6,9-10,13H,1-2,7,11H2,(H,21,23). The molecule has 0 saturated carbocycles. The van der Waals surface area contributed by atoms with Crippen molar-refractivity contribution in [3.63, 3.8) is 0 Å². The second kappa shape index (κ2) is 6.83. The maximum absolute atomic E-state index is 12.2. The fourth-order valence-electron chi connectivity index (χ4n) is 2.72. The Labute approximate surface area is 134 Å². The molecule has 1 amide bonds. The van der Waals surface area contributed by atoms with Crippen LogP contribution in [0.1, 0.15) is 28.9 Å². The SMILES string of the molecule is N#Cc1ccncc1N1CCCC(NC(=O)c2cnccn2)C1. The maximum atomic E-state index is 12.2. The molecule has 1 atom stereocenters. The normalized spacial score (nSPS) is 17.3. The van der Waals surface area contributed by atoms with Crippen molar-refractivity contribution in [2.24, 2.45) is 0 Å². The molecule has 0 aliphatic carbocycles. The third kappa shape index (κ3) is 3.43. The van der Waals surface area contributed by atoms with Crippen LogP contribution in [0.4, 0.5) is 5.69 Å². The van der Waals surface area contributed by atoms with E-state index in [-0.39, 0.29) is 11.9 Å². The van der Waals surface area contributed by atoms with E-state index in [1.54, 1.807) is 18.5 Å². The van der Waals surface area contributed by atoms with Crippen LogP contribution in [0.2, 0.25) is 0 Å². The highest BCUT2D eigenvalue weighted by Crippen LogP contribution is 2.22. The number of nitriles is 1. The number of hydrogen-bond donors (Lipinski definition) is 1. The van der Waals surface area contributed by atoms with Gasteiger partial charge in [-0.1, -0.05) is 0 Å². The first-order valence-electron chi connectivity index (χ1n) is 7.44. The third-order valence-corrected chi connectivity index (χ3v) is 3.81. The van der Waals surface area contributed by atoms with Gasteiger partial charge in [-0.05, 0) is 18.9 Å². The molecule has 2 aromatic rings. The van der Waals surface area contributed by atoms with Crippen LogP contribution in [-0.4, -0.2) is 40.0 Å². The molecule has 1 saturated heterocycles. The van der Waals surface area contributed by atoms with Crippen LogP contribution >= 0.6 is 0 Å². The second-order valence-corrected chi connectivity index (χ2v) is 5.35. The maximum Gasteiger partial charge on any atom is 0.271 e. The van der Waals surface area contributed by atoms with Crippen molar-refractivity contribution in [1.82, 2.24) is 20.3 Å². The van der Waals surface area contributed by atoms with E-state index in [1.807, 2.05) is 0 Å². The fourth-order valence-corrected chi connectivity index (χ4v) is 2.72. The molecule has 1 fully saturated rings. The zero-order chi connectivity index (χ0) is 16.1. The van der Waals surface area contributed by atoms with Gasteiger partial charge in [0, 0.05) is 37.7 Å². The quantitative estimate of drug-likeness (QED) is 0.913.